The first-order chi connectivity index (χ1) is 13.9. The smallest absolute Gasteiger partial charge is 0.319 e. The van der Waals surface area contributed by atoms with E-state index >= 15 is 0 Å². The van der Waals surface area contributed by atoms with Gasteiger partial charge in [0, 0.05) is 23.5 Å². The molecule has 1 N–H and O–H groups in total. The quantitative estimate of drug-likeness (QED) is 0.476. The molecule has 0 radical (unpaired) electrons. The summed E-state index contributed by atoms with van der Waals surface area (Å²) in [5, 5.41) is 12.8. The highest BCUT2D eigenvalue weighted by molar-refractivity contribution is 9.10. The molecule has 2 atom stereocenters. The lowest BCUT2D eigenvalue weighted by molar-refractivity contribution is -0.150. The van der Waals surface area contributed by atoms with Gasteiger partial charge >= 0.3 is 5.97 Å². The topological polar surface area (TPSA) is 99.5 Å². The lowest BCUT2D eigenvalue weighted by Crippen LogP contribution is -2.44. The van der Waals surface area contributed by atoms with E-state index in [2.05, 4.69) is 27.3 Å². The van der Waals surface area contributed by atoms with E-state index < -0.39 is 23.7 Å². The molecule has 7 nitrogen and oxygen atoms in total. The first-order valence-electron chi connectivity index (χ1n) is 9.06. The van der Waals surface area contributed by atoms with Crippen molar-refractivity contribution in [3.63, 3.8) is 0 Å². The van der Waals surface area contributed by atoms with Crippen LogP contribution in [0.1, 0.15) is 25.3 Å². The molecule has 1 heterocycles. The molecule has 0 saturated carbocycles. The largest absolute Gasteiger partial charge is 0.468 e. The Bertz CT molecular complexity index is 877. The molecular formula is C20H22BrN3O4S. The Morgan fingerprint density at radius 2 is 2.03 bits per heavy atom. The Labute approximate surface area is 182 Å². The van der Waals surface area contributed by atoms with Gasteiger partial charge in [-0.25, -0.2) is 0 Å². The second-order valence-corrected chi connectivity index (χ2v) is 8.13. The van der Waals surface area contributed by atoms with Crippen LogP contribution in [0.5, 0.6) is 0 Å². The normalized spacial score (nSPS) is 18.7. The molecule has 1 aliphatic rings. The molecule has 1 aromatic carbocycles. The van der Waals surface area contributed by atoms with Crippen molar-refractivity contribution in [2.45, 2.75) is 19.8 Å². The first-order valence-corrected chi connectivity index (χ1v) is 10.8. The Morgan fingerprint density at radius 3 is 2.59 bits per heavy atom. The van der Waals surface area contributed by atoms with Crippen molar-refractivity contribution >= 4 is 45.5 Å². The summed E-state index contributed by atoms with van der Waals surface area (Å²) in [6.45, 7) is 4.94. The van der Waals surface area contributed by atoms with Crippen LogP contribution in [0, 0.1) is 17.2 Å². The lowest BCUT2D eigenvalue weighted by atomic mass is 9.78. The van der Waals surface area contributed by atoms with E-state index in [4.69, 9.17) is 4.74 Å². The second kappa shape index (κ2) is 10.5. The molecule has 9 heteroatoms. The average Bonchev–Trinajstić information content (AvgIpc) is 2.71. The van der Waals surface area contributed by atoms with E-state index in [1.807, 2.05) is 19.9 Å². The summed E-state index contributed by atoms with van der Waals surface area (Å²) in [4.78, 5) is 39.1. The highest BCUT2D eigenvalue weighted by atomic mass is 79.9. The van der Waals surface area contributed by atoms with Crippen molar-refractivity contribution in [1.29, 1.82) is 5.26 Å². The molecule has 1 aliphatic heterocycles. The molecule has 0 aliphatic carbocycles. The number of amides is 2. The van der Waals surface area contributed by atoms with E-state index in [1.165, 1.54) is 7.11 Å². The second-order valence-electron chi connectivity index (χ2n) is 6.23. The van der Waals surface area contributed by atoms with Crippen molar-refractivity contribution in [3.8, 4) is 6.07 Å². The minimum Gasteiger partial charge on any atom is -0.468 e. The number of esters is 1. The first kappa shape index (κ1) is 23.0. The third-order valence-electron chi connectivity index (χ3n) is 4.65. The third kappa shape index (κ3) is 5.19. The molecule has 0 saturated heterocycles. The van der Waals surface area contributed by atoms with Gasteiger partial charge in [-0.2, -0.15) is 5.26 Å². The van der Waals surface area contributed by atoms with Gasteiger partial charge in [-0.3, -0.25) is 14.4 Å². The van der Waals surface area contributed by atoms with Crippen LogP contribution in [-0.4, -0.2) is 48.6 Å². The molecule has 2 rings (SSSR count). The molecule has 154 valence electrons. The van der Waals surface area contributed by atoms with Gasteiger partial charge in [0.1, 0.15) is 5.92 Å². The summed E-state index contributed by atoms with van der Waals surface area (Å²) >= 11 is 4.48. The van der Waals surface area contributed by atoms with E-state index in [0.29, 0.717) is 23.7 Å². The number of nitrogens with one attached hydrogen (secondary N) is 1. The Hall–Kier alpha value is -2.31. The van der Waals surface area contributed by atoms with E-state index in [9.17, 15) is 19.6 Å². The monoisotopic (exact) mass is 479 g/mol. The predicted molar refractivity (Wildman–Crippen MR) is 114 cm³/mol. The van der Waals surface area contributed by atoms with Gasteiger partial charge in [0.2, 0.25) is 11.8 Å². The van der Waals surface area contributed by atoms with Crippen LogP contribution in [0.15, 0.2) is 39.3 Å². The lowest BCUT2D eigenvalue weighted by Gasteiger charge is -2.31. The average molecular weight is 480 g/mol. The molecule has 0 aromatic heterocycles. The van der Waals surface area contributed by atoms with Crippen LogP contribution in [0.3, 0.4) is 0 Å². The highest BCUT2D eigenvalue weighted by Crippen LogP contribution is 2.40. The van der Waals surface area contributed by atoms with Crippen LogP contribution in [0.4, 0.5) is 0 Å². The van der Waals surface area contributed by atoms with Gasteiger partial charge in [-0.15, -0.1) is 0 Å². The van der Waals surface area contributed by atoms with Gasteiger partial charge in [-0.1, -0.05) is 39.8 Å². The zero-order valence-corrected chi connectivity index (χ0v) is 18.8. The molecule has 1 aromatic rings. The number of benzene rings is 1. The molecule has 29 heavy (non-hydrogen) atoms. The summed E-state index contributed by atoms with van der Waals surface area (Å²) in [6, 6.07) is 9.23. The predicted octanol–water partition coefficient (Wildman–Crippen LogP) is 2.79. The molecular weight excluding hydrogens is 458 g/mol. The number of nitrogens with zero attached hydrogens (tertiary/aromatic N) is 2. The van der Waals surface area contributed by atoms with E-state index in [1.54, 1.807) is 23.1 Å². The van der Waals surface area contributed by atoms with Crippen LogP contribution in [0.2, 0.25) is 0 Å². The van der Waals surface area contributed by atoms with Gasteiger partial charge in [0.05, 0.1) is 29.5 Å². The number of thioether (sulfide) groups is 1. The fourth-order valence-corrected chi connectivity index (χ4v) is 4.55. The van der Waals surface area contributed by atoms with Gasteiger partial charge in [-0.05, 0) is 31.5 Å². The Kier molecular flexibility index (Phi) is 8.29. The van der Waals surface area contributed by atoms with Gasteiger partial charge in [0.25, 0.3) is 0 Å². The number of halogens is 1. The molecule has 0 spiro atoms. The zero-order valence-electron chi connectivity index (χ0n) is 16.4. The van der Waals surface area contributed by atoms with Crippen molar-refractivity contribution in [2.75, 3.05) is 26.0 Å². The van der Waals surface area contributed by atoms with E-state index in [0.717, 1.165) is 16.2 Å². The maximum absolute atomic E-state index is 12.8. The maximum atomic E-state index is 12.8. The zero-order chi connectivity index (χ0) is 21.6. The van der Waals surface area contributed by atoms with Crippen LogP contribution >= 0.6 is 27.7 Å². The summed E-state index contributed by atoms with van der Waals surface area (Å²) in [5.74, 6) is -3.27. The summed E-state index contributed by atoms with van der Waals surface area (Å²) in [5.41, 5.74) is 0.866. The number of allylic oxidation sites excluding steroid dienone is 1. The SMILES string of the molecule is CCN(CC)C(=O)CSC1=C(C#N)[C@H](c2cccc(Br)c2)[C@@H](C(=O)OC)C(=O)N1. The Morgan fingerprint density at radius 1 is 1.34 bits per heavy atom. The van der Waals surface area contributed by atoms with Gasteiger partial charge in [0.15, 0.2) is 0 Å². The number of carbonyl (C=O) groups is 3. The van der Waals surface area contributed by atoms with Gasteiger partial charge < -0.3 is 15.0 Å². The number of ether oxygens (including phenoxy) is 1. The number of nitriles is 1. The molecule has 0 fully saturated rings. The number of hydrogen-bond acceptors (Lipinski definition) is 6. The molecule has 2 amide bonds. The number of rotatable bonds is 7. The number of hydrogen-bond donors (Lipinski definition) is 1. The van der Waals surface area contributed by atoms with Crippen LogP contribution < -0.4 is 5.32 Å². The van der Waals surface area contributed by atoms with Crippen molar-refractivity contribution in [1.82, 2.24) is 10.2 Å². The van der Waals surface area contributed by atoms with Crippen molar-refractivity contribution in [3.05, 3.63) is 44.9 Å². The Balaban J connectivity index is 2.47. The highest BCUT2D eigenvalue weighted by Gasteiger charge is 2.44. The number of carbonyl (C=O) groups excluding carboxylic acids is 3. The standard InChI is InChI=1S/C20H22BrN3O4S/c1-4-24(5-2)15(25)11-29-19-14(10-22)16(12-7-6-8-13(21)9-12)17(18(26)23-19)20(27)28-3/h6-9,16-17H,4-5,11H2,1-3H3,(H,23,26)/t16-,17+/m0/s1. The summed E-state index contributed by atoms with van der Waals surface area (Å²) < 4.78 is 5.58. The van der Waals surface area contributed by atoms with Crippen LogP contribution in [-0.2, 0) is 19.1 Å². The third-order valence-corrected chi connectivity index (χ3v) is 6.14. The minimum absolute atomic E-state index is 0.0799. The van der Waals surface area contributed by atoms with Crippen LogP contribution in [0.25, 0.3) is 0 Å². The van der Waals surface area contributed by atoms with Crippen molar-refractivity contribution in [2.24, 2.45) is 5.92 Å². The van der Waals surface area contributed by atoms with Crippen molar-refractivity contribution < 1.29 is 19.1 Å². The molecule has 0 bridgehead atoms. The minimum atomic E-state index is -1.19. The molecule has 0 unspecified atom stereocenters. The summed E-state index contributed by atoms with van der Waals surface area (Å²) in [7, 11) is 1.20. The summed E-state index contributed by atoms with van der Waals surface area (Å²) in [6.07, 6.45) is 0. The fourth-order valence-electron chi connectivity index (χ4n) is 3.18. The fraction of sp³-hybridized carbons (Fsp3) is 0.400. The van der Waals surface area contributed by atoms with E-state index in [-0.39, 0.29) is 17.2 Å². The number of methoxy groups -OCH3 is 1. The maximum Gasteiger partial charge on any atom is 0.319 e.